The Morgan fingerprint density at radius 3 is 2.82 bits per heavy atom. The van der Waals surface area contributed by atoms with Gasteiger partial charge in [-0.2, -0.15) is 0 Å². The molecule has 4 heteroatoms. The van der Waals surface area contributed by atoms with Crippen LogP contribution in [0.2, 0.25) is 0 Å². The first kappa shape index (κ1) is 11.8. The summed E-state index contributed by atoms with van der Waals surface area (Å²) in [5.41, 5.74) is 1.79. The summed E-state index contributed by atoms with van der Waals surface area (Å²) in [4.78, 5) is 8.44. The maximum Gasteiger partial charge on any atom is 0.111 e. The molecule has 0 aliphatic carbocycles. The molecular formula is C13H17N3O. The van der Waals surface area contributed by atoms with Crippen molar-refractivity contribution in [3.8, 4) is 0 Å². The van der Waals surface area contributed by atoms with Gasteiger partial charge in [0.1, 0.15) is 5.82 Å². The Morgan fingerprint density at radius 2 is 2.18 bits per heavy atom. The van der Waals surface area contributed by atoms with E-state index in [2.05, 4.69) is 16.9 Å². The molecule has 0 amide bonds. The van der Waals surface area contributed by atoms with E-state index in [1.807, 2.05) is 29.8 Å². The zero-order valence-electron chi connectivity index (χ0n) is 10.2. The molecule has 1 N–H and O–H groups in total. The van der Waals surface area contributed by atoms with E-state index in [1.165, 1.54) is 0 Å². The summed E-state index contributed by atoms with van der Waals surface area (Å²) in [5, 5.41) is 10.1. The lowest BCUT2D eigenvalue weighted by atomic mass is 10.1. The molecule has 0 bridgehead atoms. The van der Waals surface area contributed by atoms with Crippen molar-refractivity contribution >= 4 is 0 Å². The average molecular weight is 231 g/mol. The Kier molecular flexibility index (Phi) is 3.54. The van der Waals surface area contributed by atoms with Crippen LogP contribution < -0.4 is 0 Å². The van der Waals surface area contributed by atoms with E-state index >= 15 is 0 Å². The monoisotopic (exact) mass is 231 g/mol. The molecule has 0 saturated carbocycles. The predicted molar refractivity (Wildman–Crippen MR) is 65.5 cm³/mol. The first-order valence-corrected chi connectivity index (χ1v) is 5.81. The van der Waals surface area contributed by atoms with Gasteiger partial charge in [-0.25, -0.2) is 4.98 Å². The summed E-state index contributed by atoms with van der Waals surface area (Å²) in [6.45, 7) is 4.86. The fourth-order valence-corrected chi connectivity index (χ4v) is 1.79. The molecule has 0 fully saturated rings. The van der Waals surface area contributed by atoms with E-state index in [9.17, 15) is 5.11 Å². The maximum atomic E-state index is 10.1. The molecule has 17 heavy (non-hydrogen) atoms. The molecule has 4 nitrogen and oxygen atoms in total. The Bertz CT molecular complexity index is 476. The molecule has 0 radical (unpaired) electrons. The molecule has 2 aromatic heterocycles. The normalized spacial score (nSPS) is 12.6. The second-order valence-electron chi connectivity index (χ2n) is 4.08. The zero-order valence-corrected chi connectivity index (χ0v) is 10.2. The van der Waals surface area contributed by atoms with Gasteiger partial charge in [0.25, 0.3) is 0 Å². The molecule has 0 spiro atoms. The van der Waals surface area contributed by atoms with Crippen LogP contribution >= 0.6 is 0 Å². The number of rotatable bonds is 4. The maximum absolute atomic E-state index is 10.1. The first-order valence-electron chi connectivity index (χ1n) is 5.81. The van der Waals surface area contributed by atoms with E-state index in [0.717, 1.165) is 23.6 Å². The SMILES string of the molecule is CCn1ccnc1CC(O)c1ccc(C)nc1. The largest absolute Gasteiger partial charge is 0.388 e. The number of aliphatic hydroxyl groups is 1. The van der Waals surface area contributed by atoms with Gasteiger partial charge in [-0.05, 0) is 25.5 Å². The number of hydrogen-bond acceptors (Lipinski definition) is 3. The number of imidazole rings is 1. The second kappa shape index (κ2) is 5.10. The lowest BCUT2D eigenvalue weighted by Crippen LogP contribution is -2.08. The van der Waals surface area contributed by atoms with Gasteiger partial charge in [-0.3, -0.25) is 4.98 Å². The summed E-state index contributed by atoms with van der Waals surface area (Å²) in [5.74, 6) is 0.903. The zero-order chi connectivity index (χ0) is 12.3. The third-order valence-electron chi connectivity index (χ3n) is 2.84. The second-order valence-corrected chi connectivity index (χ2v) is 4.08. The molecule has 0 aliphatic heterocycles. The van der Waals surface area contributed by atoms with Crippen molar-refractivity contribution in [1.82, 2.24) is 14.5 Å². The van der Waals surface area contributed by atoms with Crippen LogP contribution in [0.4, 0.5) is 0 Å². The Labute approximate surface area is 101 Å². The van der Waals surface area contributed by atoms with Crippen LogP contribution in [-0.2, 0) is 13.0 Å². The minimum Gasteiger partial charge on any atom is -0.388 e. The van der Waals surface area contributed by atoms with Crippen LogP contribution in [0.25, 0.3) is 0 Å². The molecular weight excluding hydrogens is 214 g/mol. The molecule has 1 unspecified atom stereocenters. The van der Waals surface area contributed by atoms with Crippen molar-refractivity contribution in [3.05, 3.63) is 47.8 Å². The Morgan fingerprint density at radius 1 is 1.35 bits per heavy atom. The highest BCUT2D eigenvalue weighted by molar-refractivity contribution is 5.17. The quantitative estimate of drug-likeness (QED) is 0.874. The molecule has 90 valence electrons. The number of nitrogens with zero attached hydrogens (tertiary/aromatic N) is 3. The van der Waals surface area contributed by atoms with Crippen molar-refractivity contribution in [3.63, 3.8) is 0 Å². The van der Waals surface area contributed by atoms with Gasteiger partial charge in [0.15, 0.2) is 0 Å². The van der Waals surface area contributed by atoms with Gasteiger partial charge in [0, 0.05) is 37.3 Å². The number of hydrogen-bond donors (Lipinski definition) is 1. The van der Waals surface area contributed by atoms with Gasteiger partial charge in [0.2, 0.25) is 0 Å². The Balaban J connectivity index is 2.11. The topological polar surface area (TPSA) is 50.9 Å². The van der Waals surface area contributed by atoms with Crippen LogP contribution in [0.5, 0.6) is 0 Å². The van der Waals surface area contributed by atoms with Crippen LogP contribution in [0.15, 0.2) is 30.7 Å². The van der Waals surface area contributed by atoms with E-state index in [0.29, 0.717) is 6.42 Å². The van der Waals surface area contributed by atoms with Crippen molar-refractivity contribution in [2.24, 2.45) is 0 Å². The van der Waals surface area contributed by atoms with E-state index < -0.39 is 6.10 Å². The predicted octanol–water partition coefficient (Wildman–Crippen LogP) is 1.88. The van der Waals surface area contributed by atoms with Crippen molar-refractivity contribution in [2.75, 3.05) is 0 Å². The van der Waals surface area contributed by atoms with E-state index in [1.54, 1.807) is 12.4 Å². The lowest BCUT2D eigenvalue weighted by molar-refractivity contribution is 0.174. The van der Waals surface area contributed by atoms with Crippen LogP contribution in [0.1, 0.15) is 30.1 Å². The minimum absolute atomic E-state index is 0.519. The molecule has 0 aliphatic rings. The fourth-order valence-electron chi connectivity index (χ4n) is 1.79. The van der Waals surface area contributed by atoms with Crippen molar-refractivity contribution in [2.45, 2.75) is 32.9 Å². The van der Waals surface area contributed by atoms with Crippen molar-refractivity contribution < 1.29 is 5.11 Å². The molecule has 1 atom stereocenters. The van der Waals surface area contributed by atoms with Gasteiger partial charge in [-0.1, -0.05) is 6.07 Å². The highest BCUT2D eigenvalue weighted by atomic mass is 16.3. The highest BCUT2D eigenvalue weighted by Gasteiger charge is 2.12. The Hall–Kier alpha value is -1.68. The van der Waals surface area contributed by atoms with Crippen molar-refractivity contribution in [1.29, 1.82) is 0 Å². The summed E-state index contributed by atoms with van der Waals surface area (Å²) in [6, 6.07) is 3.82. The standard InChI is InChI=1S/C13H17N3O/c1-3-16-7-6-14-13(16)8-12(17)11-5-4-10(2)15-9-11/h4-7,9,12,17H,3,8H2,1-2H3. The highest BCUT2D eigenvalue weighted by Crippen LogP contribution is 2.16. The first-order chi connectivity index (χ1) is 8.20. The van der Waals surface area contributed by atoms with E-state index in [-0.39, 0.29) is 0 Å². The van der Waals surface area contributed by atoms with Gasteiger partial charge in [0.05, 0.1) is 6.10 Å². The molecule has 2 aromatic rings. The van der Waals surface area contributed by atoms with Gasteiger partial charge < -0.3 is 9.67 Å². The number of aliphatic hydroxyl groups excluding tert-OH is 1. The molecule has 2 rings (SSSR count). The molecule has 0 aromatic carbocycles. The fraction of sp³-hybridized carbons (Fsp3) is 0.385. The molecule has 0 saturated heterocycles. The summed E-state index contributed by atoms with van der Waals surface area (Å²) in [7, 11) is 0. The summed E-state index contributed by atoms with van der Waals surface area (Å²) in [6.07, 6.45) is 5.38. The third kappa shape index (κ3) is 2.71. The molecule has 2 heterocycles. The van der Waals surface area contributed by atoms with E-state index in [4.69, 9.17) is 0 Å². The minimum atomic E-state index is -0.546. The third-order valence-corrected chi connectivity index (χ3v) is 2.84. The van der Waals surface area contributed by atoms with Crippen LogP contribution in [0.3, 0.4) is 0 Å². The van der Waals surface area contributed by atoms with Crippen LogP contribution in [-0.4, -0.2) is 19.6 Å². The van der Waals surface area contributed by atoms with Gasteiger partial charge in [-0.15, -0.1) is 0 Å². The van der Waals surface area contributed by atoms with Gasteiger partial charge >= 0.3 is 0 Å². The summed E-state index contributed by atoms with van der Waals surface area (Å²) < 4.78 is 2.03. The smallest absolute Gasteiger partial charge is 0.111 e. The lowest BCUT2D eigenvalue weighted by Gasteiger charge is -2.11. The number of aryl methyl sites for hydroxylation is 2. The average Bonchev–Trinajstić information content (AvgIpc) is 2.77. The summed E-state index contributed by atoms with van der Waals surface area (Å²) >= 11 is 0. The number of aromatic nitrogens is 3. The van der Waals surface area contributed by atoms with Crippen LogP contribution in [0, 0.1) is 6.92 Å². The number of pyridine rings is 1.